The minimum atomic E-state index is -0.526. The highest BCUT2D eigenvalue weighted by atomic mass is 16.5. The molecule has 0 saturated carbocycles. The van der Waals surface area contributed by atoms with Crippen molar-refractivity contribution in [2.24, 2.45) is 5.73 Å². The molecular weight excluding hydrogens is 234 g/mol. The fourth-order valence-corrected chi connectivity index (χ4v) is 1.40. The largest absolute Gasteiger partial charge is 0.387 e. The fraction of sp³-hybridized carbons (Fsp3) is 0.333. The summed E-state index contributed by atoms with van der Waals surface area (Å²) in [7, 11) is 1.75. The molecule has 1 rings (SSSR count). The molecule has 0 saturated heterocycles. The van der Waals surface area contributed by atoms with Gasteiger partial charge in [-0.1, -0.05) is 12.1 Å². The standard InChI is InChI=1S/C12H17N3O3/c1-14-10-5-3-2-4-9(10)12(17)15-6-7-18-8-11(13)16/h2-5,14H,6-8H2,1H3,(H2,13,16)(H,15,17). The number of rotatable bonds is 7. The molecule has 0 aliphatic rings. The summed E-state index contributed by atoms with van der Waals surface area (Å²) in [6.45, 7) is 0.434. The zero-order chi connectivity index (χ0) is 13.4. The van der Waals surface area contributed by atoms with E-state index < -0.39 is 5.91 Å². The van der Waals surface area contributed by atoms with E-state index in [1.54, 1.807) is 19.2 Å². The second kappa shape index (κ2) is 7.29. The van der Waals surface area contributed by atoms with Gasteiger partial charge in [0, 0.05) is 19.3 Å². The van der Waals surface area contributed by atoms with Gasteiger partial charge in [0.05, 0.1) is 12.2 Å². The zero-order valence-electron chi connectivity index (χ0n) is 10.2. The third-order valence-electron chi connectivity index (χ3n) is 2.22. The third-order valence-corrected chi connectivity index (χ3v) is 2.22. The summed E-state index contributed by atoms with van der Waals surface area (Å²) in [6.07, 6.45) is 0. The SMILES string of the molecule is CNc1ccccc1C(=O)NCCOCC(N)=O. The van der Waals surface area contributed by atoms with Gasteiger partial charge in [-0.25, -0.2) is 0 Å². The second-order valence-corrected chi connectivity index (χ2v) is 3.57. The van der Waals surface area contributed by atoms with E-state index in [4.69, 9.17) is 10.5 Å². The number of carbonyl (C=O) groups excluding carboxylic acids is 2. The third kappa shape index (κ3) is 4.42. The molecule has 0 unspecified atom stereocenters. The van der Waals surface area contributed by atoms with Crippen LogP contribution < -0.4 is 16.4 Å². The molecule has 0 radical (unpaired) electrons. The molecule has 1 aromatic rings. The van der Waals surface area contributed by atoms with Crippen LogP contribution in [-0.2, 0) is 9.53 Å². The topological polar surface area (TPSA) is 93.4 Å². The summed E-state index contributed by atoms with van der Waals surface area (Å²) in [5.41, 5.74) is 6.23. The number of hydrogen-bond donors (Lipinski definition) is 3. The van der Waals surface area contributed by atoms with Crippen molar-refractivity contribution < 1.29 is 14.3 Å². The molecule has 0 aromatic heterocycles. The number of para-hydroxylation sites is 1. The van der Waals surface area contributed by atoms with Crippen LogP contribution in [0.25, 0.3) is 0 Å². The van der Waals surface area contributed by atoms with Gasteiger partial charge in [0.15, 0.2) is 0 Å². The first kappa shape index (κ1) is 14.0. The quantitative estimate of drug-likeness (QED) is 0.593. The summed E-state index contributed by atoms with van der Waals surface area (Å²) in [5, 5.41) is 5.63. The molecule has 6 nitrogen and oxygen atoms in total. The molecule has 0 aliphatic heterocycles. The van der Waals surface area contributed by atoms with Gasteiger partial charge in [-0.05, 0) is 12.1 Å². The summed E-state index contributed by atoms with van der Waals surface area (Å²) in [5.74, 6) is -0.718. The van der Waals surface area contributed by atoms with Crippen LogP contribution in [-0.4, -0.2) is 38.6 Å². The first-order valence-corrected chi connectivity index (χ1v) is 5.56. The molecule has 2 amide bonds. The van der Waals surface area contributed by atoms with E-state index in [-0.39, 0.29) is 19.1 Å². The Balaban J connectivity index is 2.38. The lowest BCUT2D eigenvalue weighted by molar-refractivity contribution is -0.122. The van der Waals surface area contributed by atoms with E-state index >= 15 is 0 Å². The van der Waals surface area contributed by atoms with Crippen LogP contribution in [0.5, 0.6) is 0 Å². The molecule has 0 fully saturated rings. The monoisotopic (exact) mass is 251 g/mol. The van der Waals surface area contributed by atoms with Crippen molar-refractivity contribution in [1.29, 1.82) is 0 Å². The Morgan fingerprint density at radius 3 is 2.72 bits per heavy atom. The molecule has 0 atom stereocenters. The molecule has 0 heterocycles. The lowest BCUT2D eigenvalue weighted by Gasteiger charge is -2.09. The summed E-state index contributed by atoms with van der Waals surface area (Å²) in [6, 6.07) is 7.18. The minimum absolute atomic E-state index is 0.136. The van der Waals surface area contributed by atoms with Crippen LogP contribution in [0.3, 0.4) is 0 Å². The lowest BCUT2D eigenvalue weighted by atomic mass is 10.1. The predicted molar refractivity (Wildman–Crippen MR) is 68.3 cm³/mol. The molecule has 1 aromatic carbocycles. The van der Waals surface area contributed by atoms with E-state index in [0.717, 1.165) is 5.69 Å². The number of carbonyl (C=O) groups is 2. The van der Waals surface area contributed by atoms with Crippen molar-refractivity contribution in [3.05, 3.63) is 29.8 Å². The van der Waals surface area contributed by atoms with Gasteiger partial charge < -0.3 is 21.1 Å². The van der Waals surface area contributed by atoms with Gasteiger partial charge in [0.2, 0.25) is 5.91 Å². The number of hydrogen-bond acceptors (Lipinski definition) is 4. The smallest absolute Gasteiger partial charge is 0.253 e. The van der Waals surface area contributed by atoms with Crippen molar-refractivity contribution in [1.82, 2.24) is 5.32 Å². The van der Waals surface area contributed by atoms with E-state index in [1.165, 1.54) is 0 Å². The molecule has 6 heteroatoms. The van der Waals surface area contributed by atoms with Crippen molar-refractivity contribution >= 4 is 17.5 Å². The van der Waals surface area contributed by atoms with E-state index in [2.05, 4.69) is 10.6 Å². The van der Waals surface area contributed by atoms with Crippen molar-refractivity contribution in [2.45, 2.75) is 0 Å². The summed E-state index contributed by atoms with van der Waals surface area (Å²) in [4.78, 5) is 22.2. The van der Waals surface area contributed by atoms with Crippen molar-refractivity contribution in [2.75, 3.05) is 32.1 Å². The van der Waals surface area contributed by atoms with Gasteiger partial charge >= 0.3 is 0 Å². The average Bonchev–Trinajstić information content (AvgIpc) is 2.37. The zero-order valence-corrected chi connectivity index (χ0v) is 10.2. The Morgan fingerprint density at radius 2 is 2.06 bits per heavy atom. The number of nitrogens with two attached hydrogens (primary N) is 1. The van der Waals surface area contributed by atoms with Gasteiger partial charge in [-0.15, -0.1) is 0 Å². The van der Waals surface area contributed by atoms with Crippen LogP contribution in [0.15, 0.2) is 24.3 Å². The average molecular weight is 251 g/mol. The van der Waals surface area contributed by atoms with Gasteiger partial charge in [0.25, 0.3) is 5.91 Å². The van der Waals surface area contributed by atoms with Gasteiger partial charge in [-0.3, -0.25) is 9.59 Å². The number of ether oxygens (including phenoxy) is 1. The summed E-state index contributed by atoms with van der Waals surface area (Å²) >= 11 is 0. The molecule has 0 bridgehead atoms. The van der Waals surface area contributed by atoms with Crippen LogP contribution in [0.2, 0.25) is 0 Å². The maximum atomic E-state index is 11.8. The number of anilines is 1. The molecule has 18 heavy (non-hydrogen) atoms. The maximum Gasteiger partial charge on any atom is 0.253 e. The molecule has 98 valence electrons. The molecule has 4 N–H and O–H groups in total. The highest BCUT2D eigenvalue weighted by molar-refractivity contribution is 5.99. The van der Waals surface area contributed by atoms with Crippen LogP contribution in [0.1, 0.15) is 10.4 Å². The normalized spacial score (nSPS) is 9.83. The molecule has 0 aliphatic carbocycles. The highest BCUT2D eigenvalue weighted by Gasteiger charge is 2.08. The Kier molecular flexibility index (Phi) is 5.66. The highest BCUT2D eigenvalue weighted by Crippen LogP contribution is 2.13. The Morgan fingerprint density at radius 1 is 1.33 bits per heavy atom. The van der Waals surface area contributed by atoms with E-state index in [9.17, 15) is 9.59 Å². The number of benzene rings is 1. The van der Waals surface area contributed by atoms with Gasteiger partial charge in [0.1, 0.15) is 6.61 Å². The fourth-order valence-electron chi connectivity index (χ4n) is 1.40. The first-order valence-electron chi connectivity index (χ1n) is 5.56. The summed E-state index contributed by atoms with van der Waals surface area (Å²) < 4.78 is 4.93. The first-order chi connectivity index (χ1) is 8.65. The Bertz CT molecular complexity index is 421. The van der Waals surface area contributed by atoms with Crippen LogP contribution in [0, 0.1) is 0 Å². The predicted octanol–water partition coefficient (Wildman–Crippen LogP) is -0.0400. The Labute approximate surface area is 105 Å². The van der Waals surface area contributed by atoms with Crippen molar-refractivity contribution in [3.63, 3.8) is 0 Å². The van der Waals surface area contributed by atoms with Crippen LogP contribution in [0.4, 0.5) is 5.69 Å². The Hall–Kier alpha value is -2.08. The second-order valence-electron chi connectivity index (χ2n) is 3.57. The molecule has 0 spiro atoms. The number of amides is 2. The van der Waals surface area contributed by atoms with E-state index in [0.29, 0.717) is 12.1 Å². The van der Waals surface area contributed by atoms with E-state index in [1.807, 2.05) is 12.1 Å². The van der Waals surface area contributed by atoms with Crippen LogP contribution >= 0.6 is 0 Å². The van der Waals surface area contributed by atoms with Crippen molar-refractivity contribution in [3.8, 4) is 0 Å². The molecular formula is C12H17N3O3. The lowest BCUT2D eigenvalue weighted by Crippen LogP contribution is -2.29. The maximum absolute atomic E-state index is 11.8. The van der Waals surface area contributed by atoms with Gasteiger partial charge in [-0.2, -0.15) is 0 Å². The minimum Gasteiger partial charge on any atom is -0.387 e. The number of nitrogens with one attached hydrogen (secondary N) is 2. The number of primary amides is 1.